The number of ether oxygens (including phenoxy) is 2. The van der Waals surface area contributed by atoms with Crippen LogP contribution >= 0.6 is 11.8 Å². The molecule has 2 heterocycles. The highest BCUT2D eigenvalue weighted by molar-refractivity contribution is 8.01. The fourth-order valence-electron chi connectivity index (χ4n) is 3.65. The maximum Gasteiger partial charge on any atom is 0.241 e. The molecule has 25 heavy (non-hydrogen) atoms. The highest BCUT2D eigenvalue weighted by Gasteiger charge is 2.55. The van der Waals surface area contributed by atoms with Gasteiger partial charge in [0.25, 0.3) is 0 Å². The molecule has 130 valence electrons. The van der Waals surface area contributed by atoms with E-state index in [0.717, 1.165) is 22.6 Å². The van der Waals surface area contributed by atoms with E-state index in [4.69, 9.17) is 9.47 Å². The van der Waals surface area contributed by atoms with E-state index < -0.39 is 4.75 Å². The van der Waals surface area contributed by atoms with Crippen molar-refractivity contribution in [3.05, 3.63) is 60.2 Å². The van der Waals surface area contributed by atoms with Crippen LogP contribution in [0.2, 0.25) is 0 Å². The molecule has 2 saturated heterocycles. The molecule has 0 unspecified atom stereocenters. The third kappa shape index (κ3) is 2.92. The van der Waals surface area contributed by atoms with Gasteiger partial charge in [-0.1, -0.05) is 30.3 Å². The van der Waals surface area contributed by atoms with Crippen molar-refractivity contribution in [2.75, 3.05) is 13.7 Å². The summed E-state index contributed by atoms with van der Waals surface area (Å²) in [6.45, 7) is 2.64. The Hall–Kier alpha value is -1.98. The van der Waals surface area contributed by atoms with Crippen LogP contribution in [0, 0.1) is 0 Å². The molecule has 0 spiro atoms. The summed E-state index contributed by atoms with van der Waals surface area (Å²) < 4.78 is 10.7. The first kappa shape index (κ1) is 16.5. The van der Waals surface area contributed by atoms with Crippen LogP contribution in [0.25, 0.3) is 0 Å². The molecular weight excluding hydrogens is 334 g/mol. The minimum Gasteiger partial charge on any atom is -0.497 e. The Morgan fingerprint density at radius 1 is 1.16 bits per heavy atom. The lowest BCUT2D eigenvalue weighted by molar-refractivity contribution is -0.135. The largest absolute Gasteiger partial charge is 0.497 e. The topological polar surface area (TPSA) is 38.8 Å². The highest BCUT2D eigenvalue weighted by atomic mass is 32.2. The molecule has 2 fully saturated rings. The average molecular weight is 355 g/mol. The molecule has 2 aliphatic rings. The van der Waals surface area contributed by atoms with E-state index in [0.29, 0.717) is 6.61 Å². The number of methoxy groups -OCH3 is 1. The minimum absolute atomic E-state index is 0.140. The number of rotatable bonds is 4. The van der Waals surface area contributed by atoms with Crippen LogP contribution in [0.1, 0.15) is 25.1 Å². The zero-order chi connectivity index (χ0) is 17.4. The van der Waals surface area contributed by atoms with Crippen molar-refractivity contribution in [3.63, 3.8) is 0 Å². The predicted octanol–water partition coefficient (Wildman–Crippen LogP) is 3.88. The van der Waals surface area contributed by atoms with E-state index in [-0.39, 0.29) is 18.2 Å². The Morgan fingerprint density at radius 2 is 1.88 bits per heavy atom. The second kappa shape index (κ2) is 6.39. The summed E-state index contributed by atoms with van der Waals surface area (Å²) in [6, 6.07) is 18.0. The minimum atomic E-state index is -0.444. The molecule has 4 nitrogen and oxygen atoms in total. The predicted molar refractivity (Wildman–Crippen MR) is 97.6 cm³/mol. The van der Waals surface area contributed by atoms with E-state index >= 15 is 0 Å². The normalized spacial score (nSPS) is 28.2. The van der Waals surface area contributed by atoms with Crippen molar-refractivity contribution in [2.45, 2.75) is 35.3 Å². The number of hydrogen-bond donors (Lipinski definition) is 0. The van der Waals surface area contributed by atoms with Gasteiger partial charge in [-0.3, -0.25) is 4.79 Å². The number of nitrogens with zero attached hydrogens (tertiary/aromatic N) is 1. The van der Waals surface area contributed by atoms with Gasteiger partial charge in [-0.15, -0.1) is 11.8 Å². The smallest absolute Gasteiger partial charge is 0.241 e. The zero-order valence-electron chi connectivity index (χ0n) is 14.3. The Labute approximate surface area is 152 Å². The molecule has 2 aliphatic heterocycles. The monoisotopic (exact) mass is 355 g/mol. The molecule has 2 aromatic carbocycles. The molecular formula is C20H21NO3S. The van der Waals surface area contributed by atoms with Crippen LogP contribution in [-0.2, 0) is 9.53 Å². The second-order valence-corrected chi connectivity index (χ2v) is 8.25. The zero-order valence-corrected chi connectivity index (χ0v) is 15.2. The van der Waals surface area contributed by atoms with Crippen LogP contribution < -0.4 is 4.74 Å². The lowest BCUT2D eigenvalue weighted by Gasteiger charge is -2.26. The molecule has 5 heteroatoms. The standard InChI is InChI=1S/C20H21NO3S/c1-20(25-17-6-4-3-5-7-17)12-15-13-24-18(21(15)19(20)22)14-8-10-16(23-2)11-9-14/h3-11,15,18H,12-13H2,1-2H3/t15-,18+,20-/m0/s1. The number of fused-ring (bicyclic) bond motifs is 1. The summed E-state index contributed by atoms with van der Waals surface area (Å²) >= 11 is 1.65. The van der Waals surface area contributed by atoms with Gasteiger partial charge in [-0.2, -0.15) is 0 Å². The summed E-state index contributed by atoms with van der Waals surface area (Å²) in [4.78, 5) is 16.3. The van der Waals surface area contributed by atoms with E-state index in [1.165, 1.54) is 0 Å². The summed E-state index contributed by atoms with van der Waals surface area (Å²) in [5.74, 6) is 0.959. The van der Waals surface area contributed by atoms with Crippen LogP contribution in [0.5, 0.6) is 5.75 Å². The Bertz CT molecular complexity index is 764. The molecule has 2 aromatic rings. The van der Waals surface area contributed by atoms with Gasteiger partial charge < -0.3 is 14.4 Å². The van der Waals surface area contributed by atoms with Gasteiger partial charge in [-0.05, 0) is 37.6 Å². The number of carbonyl (C=O) groups is 1. The fraction of sp³-hybridized carbons (Fsp3) is 0.350. The third-order valence-electron chi connectivity index (χ3n) is 4.89. The van der Waals surface area contributed by atoms with E-state index in [9.17, 15) is 4.79 Å². The second-order valence-electron chi connectivity index (χ2n) is 6.68. The number of carbonyl (C=O) groups excluding carboxylic acids is 1. The van der Waals surface area contributed by atoms with Gasteiger partial charge >= 0.3 is 0 Å². The van der Waals surface area contributed by atoms with E-state index in [1.807, 2.05) is 47.4 Å². The van der Waals surface area contributed by atoms with Crippen LogP contribution in [-0.4, -0.2) is 35.3 Å². The maximum absolute atomic E-state index is 13.2. The van der Waals surface area contributed by atoms with E-state index in [1.54, 1.807) is 18.9 Å². The van der Waals surface area contributed by atoms with Crippen molar-refractivity contribution in [3.8, 4) is 5.75 Å². The molecule has 0 saturated carbocycles. The number of thioether (sulfide) groups is 1. The molecule has 0 radical (unpaired) electrons. The highest BCUT2D eigenvalue weighted by Crippen LogP contribution is 2.49. The first-order chi connectivity index (χ1) is 12.1. The van der Waals surface area contributed by atoms with Gasteiger partial charge in [-0.25, -0.2) is 0 Å². The summed E-state index contributed by atoms with van der Waals surface area (Å²) in [6.07, 6.45) is 0.500. The fourth-order valence-corrected chi connectivity index (χ4v) is 4.94. The Kier molecular flexibility index (Phi) is 4.21. The van der Waals surface area contributed by atoms with Crippen molar-refractivity contribution in [1.82, 2.24) is 4.90 Å². The first-order valence-corrected chi connectivity index (χ1v) is 9.25. The van der Waals surface area contributed by atoms with Gasteiger partial charge in [0.2, 0.25) is 5.91 Å². The van der Waals surface area contributed by atoms with Crippen molar-refractivity contribution >= 4 is 17.7 Å². The van der Waals surface area contributed by atoms with Crippen LogP contribution in [0.4, 0.5) is 0 Å². The van der Waals surface area contributed by atoms with Crippen molar-refractivity contribution in [2.24, 2.45) is 0 Å². The lowest BCUT2D eigenvalue weighted by atomic mass is 10.1. The summed E-state index contributed by atoms with van der Waals surface area (Å²) in [5, 5.41) is 0. The Balaban J connectivity index is 1.57. The number of hydrogen-bond acceptors (Lipinski definition) is 4. The summed E-state index contributed by atoms with van der Waals surface area (Å²) in [7, 11) is 1.65. The quantitative estimate of drug-likeness (QED) is 0.834. The molecule has 0 aromatic heterocycles. The molecule has 0 N–H and O–H groups in total. The molecule has 0 bridgehead atoms. The van der Waals surface area contributed by atoms with Gasteiger partial charge in [0.05, 0.1) is 24.5 Å². The molecule has 0 aliphatic carbocycles. The third-order valence-corrected chi connectivity index (χ3v) is 6.19. The van der Waals surface area contributed by atoms with Gasteiger partial charge in [0, 0.05) is 10.5 Å². The van der Waals surface area contributed by atoms with Gasteiger partial charge in [0.15, 0.2) is 6.23 Å². The molecule has 4 rings (SSSR count). The molecule has 3 atom stereocenters. The SMILES string of the molecule is COc1ccc([C@H]2OC[C@@H]3C[C@](C)(Sc4ccccc4)C(=O)N32)cc1. The molecule has 1 amide bonds. The van der Waals surface area contributed by atoms with Crippen molar-refractivity contribution < 1.29 is 14.3 Å². The maximum atomic E-state index is 13.2. The van der Waals surface area contributed by atoms with Crippen LogP contribution in [0.3, 0.4) is 0 Å². The number of benzene rings is 2. The average Bonchev–Trinajstić information content (AvgIpc) is 3.14. The van der Waals surface area contributed by atoms with Gasteiger partial charge in [0.1, 0.15) is 5.75 Å². The number of amides is 1. The summed E-state index contributed by atoms with van der Waals surface area (Å²) in [5.41, 5.74) is 0.991. The van der Waals surface area contributed by atoms with Crippen LogP contribution in [0.15, 0.2) is 59.5 Å². The van der Waals surface area contributed by atoms with E-state index in [2.05, 4.69) is 19.1 Å². The Morgan fingerprint density at radius 3 is 2.56 bits per heavy atom. The lowest BCUT2D eigenvalue weighted by Crippen LogP contribution is -2.37. The van der Waals surface area contributed by atoms with Crippen molar-refractivity contribution in [1.29, 1.82) is 0 Å². The first-order valence-electron chi connectivity index (χ1n) is 8.43.